The van der Waals surface area contributed by atoms with Crippen molar-refractivity contribution in [3.8, 4) is 0 Å². The molecule has 0 aliphatic heterocycles. The summed E-state index contributed by atoms with van der Waals surface area (Å²) < 4.78 is 0. The first-order valence-electron chi connectivity index (χ1n) is 6.84. The maximum Gasteiger partial charge on any atom is 0.114 e. The lowest BCUT2D eigenvalue weighted by atomic mass is 9.82. The first-order valence-corrected chi connectivity index (χ1v) is 6.84. The van der Waals surface area contributed by atoms with Crippen molar-refractivity contribution in [2.24, 2.45) is 22.7 Å². The second kappa shape index (κ2) is 5.67. The van der Waals surface area contributed by atoms with E-state index in [1.807, 2.05) is 0 Å². The number of nitrogens with two attached hydrogens (primary N) is 1. The predicted octanol–water partition coefficient (Wildman–Crippen LogP) is 2.62. The van der Waals surface area contributed by atoms with Crippen molar-refractivity contribution in [1.29, 1.82) is 0 Å². The normalized spacial score (nSPS) is 33.0. The van der Waals surface area contributed by atoms with Gasteiger partial charge in [0.1, 0.15) is 5.84 Å². The van der Waals surface area contributed by atoms with Crippen LogP contribution in [0.5, 0.6) is 0 Å². The second-order valence-corrected chi connectivity index (χ2v) is 5.55. The fourth-order valence-corrected chi connectivity index (χ4v) is 3.02. The van der Waals surface area contributed by atoms with Crippen molar-refractivity contribution in [2.45, 2.75) is 64.3 Å². The Bertz CT molecular complexity index is 236. The number of amidine groups is 1. The minimum atomic E-state index is 0.547. The third kappa shape index (κ3) is 2.97. The van der Waals surface area contributed by atoms with Crippen molar-refractivity contribution in [3.05, 3.63) is 0 Å². The Labute approximate surface area is 98.9 Å². The summed E-state index contributed by atoms with van der Waals surface area (Å²) in [5.41, 5.74) is 2.86. The lowest BCUT2D eigenvalue weighted by Crippen LogP contribution is -2.38. The summed E-state index contributed by atoms with van der Waals surface area (Å²) in [6.45, 7) is 2.35. The van der Waals surface area contributed by atoms with Crippen LogP contribution in [0, 0.1) is 11.8 Å². The van der Waals surface area contributed by atoms with Crippen LogP contribution in [0.2, 0.25) is 0 Å². The van der Waals surface area contributed by atoms with Gasteiger partial charge < -0.3 is 5.43 Å². The van der Waals surface area contributed by atoms with E-state index < -0.39 is 0 Å². The molecule has 3 N–H and O–H groups in total. The molecule has 0 amide bonds. The summed E-state index contributed by atoms with van der Waals surface area (Å²) in [7, 11) is 0. The van der Waals surface area contributed by atoms with Crippen molar-refractivity contribution >= 4 is 5.84 Å². The molecule has 0 saturated heterocycles. The Hall–Kier alpha value is -0.570. The Morgan fingerprint density at radius 3 is 2.25 bits per heavy atom. The van der Waals surface area contributed by atoms with Gasteiger partial charge in [-0.25, -0.2) is 5.84 Å². The van der Waals surface area contributed by atoms with Crippen LogP contribution in [-0.2, 0) is 0 Å². The summed E-state index contributed by atoms with van der Waals surface area (Å²) in [4.78, 5) is 4.82. The highest BCUT2D eigenvalue weighted by Crippen LogP contribution is 2.29. The lowest BCUT2D eigenvalue weighted by Gasteiger charge is -2.27. The van der Waals surface area contributed by atoms with E-state index in [-0.39, 0.29) is 0 Å². The number of hydrogen-bond acceptors (Lipinski definition) is 2. The highest BCUT2D eigenvalue weighted by atomic mass is 15.3. The maximum atomic E-state index is 5.64. The molecule has 0 aromatic rings. The summed E-state index contributed by atoms with van der Waals surface area (Å²) in [5.74, 6) is 8.21. The van der Waals surface area contributed by atoms with Gasteiger partial charge in [0.25, 0.3) is 0 Å². The van der Waals surface area contributed by atoms with E-state index >= 15 is 0 Å². The summed E-state index contributed by atoms with van der Waals surface area (Å²) in [6, 6.07) is 0.547. The molecule has 0 atom stereocenters. The van der Waals surface area contributed by atoms with Gasteiger partial charge in [-0.15, -0.1) is 0 Å². The largest absolute Gasteiger partial charge is 0.312 e. The zero-order chi connectivity index (χ0) is 11.4. The van der Waals surface area contributed by atoms with Gasteiger partial charge in [-0.3, -0.25) is 4.99 Å². The van der Waals surface area contributed by atoms with Crippen LogP contribution in [0.15, 0.2) is 4.99 Å². The Morgan fingerprint density at radius 2 is 1.69 bits per heavy atom. The smallest absolute Gasteiger partial charge is 0.114 e. The molecule has 3 heteroatoms. The van der Waals surface area contributed by atoms with Gasteiger partial charge in [0.2, 0.25) is 0 Å². The molecule has 2 rings (SSSR count). The van der Waals surface area contributed by atoms with Crippen LogP contribution in [0.4, 0.5) is 0 Å². The highest BCUT2D eigenvalue weighted by Gasteiger charge is 2.24. The van der Waals surface area contributed by atoms with Crippen LogP contribution in [-0.4, -0.2) is 11.9 Å². The Morgan fingerprint density at radius 1 is 1.06 bits per heavy atom. The van der Waals surface area contributed by atoms with Crippen LogP contribution >= 0.6 is 0 Å². The molecule has 0 unspecified atom stereocenters. The van der Waals surface area contributed by atoms with Gasteiger partial charge in [0, 0.05) is 5.92 Å². The molecule has 0 aromatic carbocycles. The Balaban J connectivity index is 1.93. The van der Waals surface area contributed by atoms with Crippen LogP contribution < -0.4 is 11.3 Å². The third-order valence-electron chi connectivity index (χ3n) is 4.20. The van der Waals surface area contributed by atoms with Crippen molar-refractivity contribution in [1.82, 2.24) is 5.43 Å². The number of hydrazine groups is 1. The van der Waals surface area contributed by atoms with E-state index in [1.54, 1.807) is 0 Å². The highest BCUT2D eigenvalue weighted by molar-refractivity contribution is 5.84. The molecular weight excluding hydrogens is 198 g/mol. The standard InChI is InChI=1S/C13H25N3/c1-10-6-8-11(9-7-10)13(16-14)15-12-4-2-3-5-12/h10-12H,2-9,14H2,1H3,(H,15,16). The maximum absolute atomic E-state index is 5.64. The zero-order valence-corrected chi connectivity index (χ0v) is 10.4. The van der Waals surface area contributed by atoms with Crippen LogP contribution in [0.3, 0.4) is 0 Å². The molecule has 2 saturated carbocycles. The predicted molar refractivity (Wildman–Crippen MR) is 68.1 cm³/mol. The average Bonchev–Trinajstić information content (AvgIpc) is 2.80. The van der Waals surface area contributed by atoms with Crippen molar-refractivity contribution in [2.75, 3.05) is 0 Å². The first-order chi connectivity index (χ1) is 7.79. The molecule has 3 nitrogen and oxygen atoms in total. The third-order valence-corrected chi connectivity index (χ3v) is 4.20. The monoisotopic (exact) mass is 223 g/mol. The minimum Gasteiger partial charge on any atom is -0.312 e. The fourth-order valence-electron chi connectivity index (χ4n) is 3.02. The van der Waals surface area contributed by atoms with Gasteiger partial charge in [-0.05, 0) is 31.6 Å². The molecule has 0 spiro atoms. The van der Waals surface area contributed by atoms with Crippen LogP contribution in [0.1, 0.15) is 58.3 Å². The molecule has 92 valence electrons. The number of nitrogens with one attached hydrogen (secondary N) is 1. The van der Waals surface area contributed by atoms with E-state index in [9.17, 15) is 0 Å². The zero-order valence-electron chi connectivity index (χ0n) is 10.4. The van der Waals surface area contributed by atoms with Gasteiger partial charge in [0.05, 0.1) is 6.04 Å². The van der Waals surface area contributed by atoms with E-state index in [4.69, 9.17) is 10.8 Å². The fraction of sp³-hybridized carbons (Fsp3) is 0.923. The summed E-state index contributed by atoms with van der Waals surface area (Å²) >= 11 is 0. The molecule has 2 aliphatic carbocycles. The first kappa shape index (κ1) is 11.9. The summed E-state index contributed by atoms with van der Waals surface area (Å²) in [5, 5.41) is 0. The molecule has 2 aliphatic rings. The van der Waals surface area contributed by atoms with Crippen molar-refractivity contribution in [3.63, 3.8) is 0 Å². The van der Waals surface area contributed by atoms with E-state index in [0.29, 0.717) is 12.0 Å². The Kier molecular flexibility index (Phi) is 4.22. The molecule has 0 heterocycles. The van der Waals surface area contributed by atoms with Gasteiger partial charge in [0.15, 0.2) is 0 Å². The van der Waals surface area contributed by atoms with Gasteiger partial charge in [-0.1, -0.05) is 32.6 Å². The molecule has 0 aromatic heterocycles. The van der Waals surface area contributed by atoms with Crippen LogP contribution in [0.25, 0.3) is 0 Å². The number of nitrogens with zero attached hydrogens (tertiary/aromatic N) is 1. The number of hydrogen-bond donors (Lipinski definition) is 2. The lowest BCUT2D eigenvalue weighted by molar-refractivity contribution is 0.339. The minimum absolute atomic E-state index is 0.547. The number of rotatable bonds is 2. The average molecular weight is 223 g/mol. The molecule has 0 bridgehead atoms. The molecule has 16 heavy (non-hydrogen) atoms. The van der Waals surface area contributed by atoms with Gasteiger partial charge in [-0.2, -0.15) is 0 Å². The van der Waals surface area contributed by atoms with Gasteiger partial charge >= 0.3 is 0 Å². The molecule has 2 fully saturated rings. The van der Waals surface area contributed by atoms with E-state index in [0.717, 1.165) is 11.8 Å². The molecular formula is C13H25N3. The summed E-state index contributed by atoms with van der Waals surface area (Å²) in [6.07, 6.45) is 10.4. The quantitative estimate of drug-likeness (QED) is 0.327. The second-order valence-electron chi connectivity index (χ2n) is 5.55. The topological polar surface area (TPSA) is 50.4 Å². The number of aliphatic imine (C=N–C) groups is 1. The SMILES string of the molecule is CC1CCC(C(=NC2CCCC2)NN)CC1. The van der Waals surface area contributed by atoms with Crippen molar-refractivity contribution < 1.29 is 0 Å². The van der Waals surface area contributed by atoms with E-state index in [1.165, 1.54) is 51.4 Å². The van der Waals surface area contributed by atoms with E-state index in [2.05, 4.69) is 12.3 Å². The molecule has 0 radical (unpaired) electrons.